The number of amides is 1. The second-order valence-corrected chi connectivity index (χ2v) is 2.01. The van der Waals surface area contributed by atoms with Crippen molar-refractivity contribution in [1.29, 1.82) is 0 Å². The molecule has 0 unspecified atom stereocenters. The average Bonchev–Trinajstić information content (AvgIpc) is 1.82. The lowest BCUT2D eigenvalue weighted by atomic mass is 10.3. The van der Waals surface area contributed by atoms with Gasteiger partial charge in [0.1, 0.15) is 12.2 Å². The largest absolute Gasteiger partial charge is 0.455 e. The van der Waals surface area contributed by atoms with E-state index in [0.29, 0.717) is 0 Å². The van der Waals surface area contributed by atoms with Crippen molar-refractivity contribution in [3.05, 3.63) is 0 Å². The zero-order chi connectivity index (χ0) is 8.85. The minimum Gasteiger partial charge on any atom is -0.455 e. The molecule has 0 saturated heterocycles. The van der Waals surface area contributed by atoms with Crippen LogP contribution in [0, 0.1) is 0 Å². The van der Waals surface area contributed by atoms with Crippen LogP contribution in [0.2, 0.25) is 0 Å². The third-order valence-electron chi connectivity index (χ3n) is 0.769. The molecule has 62 valence electrons. The maximum atomic E-state index is 10.5. The van der Waals surface area contributed by atoms with Crippen LogP contribution in [-0.2, 0) is 19.1 Å². The van der Waals surface area contributed by atoms with E-state index in [0.717, 1.165) is 0 Å². The van der Waals surface area contributed by atoms with Gasteiger partial charge in [-0.15, -0.1) is 0 Å². The molecule has 0 rings (SSSR count). The molecule has 0 aliphatic rings. The molecule has 0 aliphatic heterocycles. The average molecular weight is 159 g/mol. The number of rotatable bonds is 4. The van der Waals surface area contributed by atoms with Crippen molar-refractivity contribution in [2.24, 2.45) is 5.73 Å². The Morgan fingerprint density at radius 3 is 2.27 bits per heavy atom. The van der Waals surface area contributed by atoms with Crippen LogP contribution in [0.1, 0.15) is 13.3 Å². The lowest BCUT2D eigenvalue weighted by molar-refractivity contribution is -0.149. The summed E-state index contributed by atoms with van der Waals surface area (Å²) in [5, 5.41) is 0. The number of ketones is 1. The highest BCUT2D eigenvalue weighted by atomic mass is 16.5. The molecule has 1 amide bonds. The number of ether oxygens (including phenoxy) is 1. The second kappa shape index (κ2) is 4.43. The Morgan fingerprint density at radius 2 is 1.91 bits per heavy atom. The Labute approximate surface area is 63.5 Å². The zero-order valence-corrected chi connectivity index (χ0v) is 6.12. The fraction of sp³-hybridized carbons (Fsp3) is 0.500. The lowest BCUT2D eigenvalue weighted by Gasteiger charge is -1.98. The van der Waals surface area contributed by atoms with Gasteiger partial charge in [-0.1, -0.05) is 0 Å². The Hall–Kier alpha value is -1.39. The van der Waals surface area contributed by atoms with Crippen LogP contribution in [0.25, 0.3) is 0 Å². The van der Waals surface area contributed by atoms with Gasteiger partial charge in [0.15, 0.2) is 6.61 Å². The van der Waals surface area contributed by atoms with Crippen molar-refractivity contribution in [2.75, 3.05) is 6.61 Å². The van der Waals surface area contributed by atoms with E-state index in [2.05, 4.69) is 10.5 Å². The topological polar surface area (TPSA) is 86.5 Å². The molecule has 2 N–H and O–H groups in total. The number of hydrogen-bond donors (Lipinski definition) is 1. The van der Waals surface area contributed by atoms with E-state index in [4.69, 9.17) is 0 Å². The fourth-order valence-corrected chi connectivity index (χ4v) is 0.406. The van der Waals surface area contributed by atoms with Gasteiger partial charge in [-0.05, 0) is 6.92 Å². The predicted octanol–water partition coefficient (Wildman–Crippen LogP) is -1.01. The van der Waals surface area contributed by atoms with Crippen molar-refractivity contribution in [1.82, 2.24) is 0 Å². The van der Waals surface area contributed by atoms with Crippen LogP contribution in [0.4, 0.5) is 0 Å². The van der Waals surface area contributed by atoms with Gasteiger partial charge >= 0.3 is 5.97 Å². The molecule has 0 aromatic rings. The van der Waals surface area contributed by atoms with Crippen LogP contribution in [0.15, 0.2) is 0 Å². The van der Waals surface area contributed by atoms with Gasteiger partial charge in [0.2, 0.25) is 0 Å². The van der Waals surface area contributed by atoms with Crippen molar-refractivity contribution in [2.45, 2.75) is 13.3 Å². The van der Waals surface area contributed by atoms with Gasteiger partial charge in [-0.3, -0.25) is 14.4 Å². The maximum Gasteiger partial charge on any atom is 0.313 e. The van der Waals surface area contributed by atoms with Crippen LogP contribution < -0.4 is 5.73 Å². The summed E-state index contributed by atoms with van der Waals surface area (Å²) in [7, 11) is 0. The summed E-state index contributed by atoms with van der Waals surface area (Å²) >= 11 is 0. The van der Waals surface area contributed by atoms with Gasteiger partial charge in [-0.2, -0.15) is 0 Å². The van der Waals surface area contributed by atoms with E-state index >= 15 is 0 Å². The van der Waals surface area contributed by atoms with Crippen LogP contribution in [0.5, 0.6) is 0 Å². The molecule has 0 radical (unpaired) electrons. The summed E-state index contributed by atoms with van der Waals surface area (Å²) in [5.74, 6) is -1.77. The summed E-state index contributed by atoms with van der Waals surface area (Å²) in [4.78, 5) is 30.8. The van der Waals surface area contributed by atoms with Gasteiger partial charge in [0, 0.05) is 0 Å². The Kier molecular flexibility index (Phi) is 3.87. The molecule has 5 nitrogen and oxygen atoms in total. The summed E-state index contributed by atoms with van der Waals surface area (Å²) in [6, 6.07) is 0. The van der Waals surface area contributed by atoms with Crippen molar-refractivity contribution >= 4 is 17.7 Å². The van der Waals surface area contributed by atoms with Gasteiger partial charge in [0.25, 0.3) is 5.91 Å². The van der Waals surface area contributed by atoms with Gasteiger partial charge in [-0.25, -0.2) is 0 Å². The molecule has 0 heterocycles. The number of hydrogen-bond acceptors (Lipinski definition) is 4. The Bertz CT molecular complexity index is 187. The van der Waals surface area contributed by atoms with Gasteiger partial charge in [0.05, 0.1) is 0 Å². The van der Waals surface area contributed by atoms with E-state index in [1.54, 1.807) is 0 Å². The molecule has 0 bridgehead atoms. The van der Waals surface area contributed by atoms with Crippen LogP contribution in [0.3, 0.4) is 0 Å². The maximum absolute atomic E-state index is 10.5. The molecule has 0 aromatic carbocycles. The SMILES string of the molecule is CC(=O)CC(=O)OCC(N)=O. The molecule has 0 aliphatic carbocycles. The van der Waals surface area contributed by atoms with Crippen molar-refractivity contribution in [3.8, 4) is 0 Å². The number of Topliss-reactive ketones (excluding diaryl/α,β-unsaturated/α-hetero) is 1. The third kappa shape index (κ3) is 6.50. The van der Waals surface area contributed by atoms with Crippen LogP contribution >= 0.6 is 0 Å². The Morgan fingerprint density at radius 1 is 1.36 bits per heavy atom. The normalized spacial score (nSPS) is 8.82. The van der Waals surface area contributed by atoms with E-state index in [1.807, 2.05) is 0 Å². The summed E-state index contributed by atoms with van der Waals surface area (Å²) in [6.07, 6.45) is -0.312. The first-order chi connectivity index (χ1) is 5.02. The van der Waals surface area contributed by atoms with Crippen molar-refractivity contribution < 1.29 is 19.1 Å². The number of primary amides is 1. The highest BCUT2D eigenvalue weighted by molar-refractivity contribution is 5.94. The first-order valence-electron chi connectivity index (χ1n) is 2.95. The summed E-state index contributed by atoms with van der Waals surface area (Å²) in [5.41, 5.74) is 4.67. The first-order valence-corrected chi connectivity index (χ1v) is 2.95. The molecule has 5 heteroatoms. The smallest absolute Gasteiger partial charge is 0.313 e. The number of carbonyl (C=O) groups is 3. The first kappa shape index (κ1) is 9.61. The number of carbonyl (C=O) groups excluding carboxylic acids is 3. The summed E-state index contributed by atoms with van der Waals surface area (Å²) < 4.78 is 4.28. The highest BCUT2D eigenvalue weighted by Crippen LogP contribution is 1.86. The zero-order valence-electron chi connectivity index (χ0n) is 6.12. The van der Waals surface area contributed by atoms with Crippen LogP contribution in [-0.4, -0.2) is 24.3 Å². The van der Waals surface area contributed by atoms with E-state index in [-0.39, 0.29) is 12.2 Å². The minimum atomic E-state index is -0.734. The second-order valence-electron chi connectivity index (χ2n) is 2.01. The predicted molar refractivity (Wildman–Crippen MR) is 35.5 cm³/mol. The van der Waals surface area contributed by atoms with E-state index in [1.165, 1.54) is 6.92 Å². The molecular weight excluding hydrogens is 150 g/mol. The monoisotopic (exact) mass is 159 g/mol. The standard InChI is InChI=1S/C6H9NO4/c1-4(8)2-6(10)11-3-5(7)9/h2-3H2,1H3,(H2,7,9). The fourth-order valence-electron chi connectivity index (χ4n) is 0.406. The van der Waals surface area contributed by atoms with Crippen molar-refractivity contribution in [3.63, 3.8) is 0 Å². The molecular formula is C6H9NO4. The number of nitrogens with two attached hydrogens (primary N) is 1. The quantitative estimate of drug-likeness (QED) is 0.420. The summed E-state index contributed by atoms with van der Waals surface area (Å²) in [6.45, 7) is 0.789. The lowest BCUT2D eigenvalue weighted by Crippen LogP contribution is -2.21. The number of esters is 1. The van der Waals surface area contributed by atoms with Gasteiger partial charge < -0.3 is 10.5 Å². The molecule has 11 heavy (non-hydrogen) atoms. The Balaban J connectivity index is 3.53. The van der Waals surface area contributed by atoms with E-state index < -0.39 is 18.5 Å². The highest BCUT2D eigenvalue weighted by Gasteiger charge is 2.06. The molecule has 0 saturated carbocycles. The minimum absolute atomic E-state index is 0.306. The third-order valence-corrected chi connectivity index (χ3v) is 0.769. The molecule has 0 fully saturated rings. The molecule has 0 aromatic heterocycles. The molecule has 0 spiro atoms. The molecule has 0 atom stereocenters. The van der Waals surface area contributed by atoms with E-state index in [9.17, 15) is 14.4 Å².